The fourth-order valence-corrected chi connectivity index (χ4v) is 2.91. The summed E-state index contributed by atoms with van der Waals surface area (Å²) >= 11 is 12.0. The fourth-order valence-electron chi connectivity index (χ4n) is 2.45. The molecule has 0 fully saturated rings. The van der Waals surface area contributed by atoms with Crippen LogP contribution in [-0.2, 0) is 0 Å². The maximum Gasteiger partial charge on any atom is 0.259 e. The highest BCUT2D eigenvalue weighted by Crippen LogP contribution is 2.29. The van der Waals surface area contributed by atoms with Crippen LogP contribution >= 0.6 is 23.2 Å². The van der Waals surface area contributed by atoms with Crippen LogP contribution in [0.2, 0.25) is 10.0 Å². The van der Waals surface area contributed by atoms with Gasteiger partial charge in [-0.25, -0.2) is 0 Å². The van der Waals surface area contributed by atoms with E-state index in [4.69, 9.17) is 27.9 Å². The highest BCUT2D eigenvalue weighted by atomic mass is 35.5. The van der Waals surface area contributed by atoms with Gasteiger partial charge in [-0.3, -0.25) is 4.79 Å². The van der Waals surface area contributed by atoms with Gasteiger partial charge in [0, 0.05) is 5.02 Å². The largest absolute Gasteiger partial charge is 0.493 e. The molecule has 0 aromatic heterocycles. The van der Waals surface area contributed by atoms with Crippen molar-refractivity contribution in [3.8, 4) is 5.75 Å². The molecular formula is C19H15Cl2NO2. The number of nitrogens with one attached hydrogen (secondary N) is 1. The first-order chi connectivity index (χ1) is 11.6. The summed E-state index contributed by atoms with van der Waals surface area (Å²) in [6.45, 7) is 2.35. The Morgan fingerprint density at radius 3 is 2.42 bits per heavy atom. The molecule has 0 saturated heterocycles. The van der Waals surface area contributed by atoms with Crippen molar-refractivity contribution < 1.29 is 9.53 Å². The smallest absolute Gasteiger partial charge is 0.259 e. The van der Waals surface area contributed by atoms with Gasteiger partial charge in [-0.2, -0.15) is 0 Å². The van der Waals surface area contributed by atoms with E-state index >= 15 is 0 Å². The molecule has 0 aliphatic carbocycles. The second kappa shape index (κ2) is 7.12. The van der Waals surface area contributed by atoms with E-state index in [9.17, 15) is 4.79 Å². The van der Waals surface area contributed by atoms with Gasteiger partial charge in [-0.15, -0.1) is 0 Å². The Morgan fingerprint density at radius 2 is 1.75 bits per heavy atom. The monoisotopic (exact) mass is 359 g/mol. The predicted octanol–water partition coefficient (Wildman–Crippen LogP) is 5.80. The zero-order valence-corrected chi connectivity index (χ0v) is 14.5. The third kappa shape index (κ3) is 3.48. The van der Waals surface area contributed by atoms with E-state index in [0.29, 0.717) is 33.7 Å². The van der Waals surface area contributed by atoms with Crippen LogP contribution in [0.5, 0.6) is 5.75 Å². The average Bonchev–Trinajstić information content (AvgIpc) is 2.57. The van der Waals surface area contributed by atoms with Crippen molar-refractivity contribution in [1.82, 2.24) is 0 Å². The zero-order chi connectivity index (χ0) is 17.1. The molecule has 0 radical (unpaired) electrons. The van der Waals surface area contributed by atoms with E-state index < -0.39 is 0 Å². The van der Waals surface area contributed by atoms with E-state index in [2.05, 4.69) is 5.32 Å². The summed E-state index contributed by atoms with van der Waals surface area (Å²) in [6, 6.07) is 16.4. The SMILES string of the molecule is CCOc1cc2ccccc2cc1C(=O)Nc1ccc(Cl)cc1Cl. The molecule has 1 N–H and O–H groups in total. The fraction of sp³-hybridized carbons (Fsp3) is 0.105. The summed E-state index contributed by atoms with van der Waals surface area (Å²) in [5.74, 6) is 0.257. The number of fused-ring (bicyclic) bond motifs is 1. The Morgan fingerprint density at radius 1 is 1.04 bits per heavy atom. The Hall–Kier alpha value is -2.23. The number of carbonyl (C=O) groups is 1. The molecule has 0 heterocycles. The molecule has 3 aromatic carbocycles. The minimum Gasteiger partial charge on any atom is -0.493 e. The second-order valence-corrected chi connectivity index (χ2v) is 6.05. The van der Waals surface area contributed by atoms with E-state index in [0.717, 1.165) is 10.8 Å². The number of hydrogen-bond donors (Lipinski definition) is 1. The van der Waals surface area contributed by atoms with Crippen molar-refractivity contribution >= 4 is 45.6 Å². The maximum absolute atomic E-state index is 12.7. The van der Waals surface area contributed by atoms with Crippen LogP contribution in [0.1, 0.15) is 17.3 Å². The van der Waals surface area contributed by atoms with Gasteiger partial charge in [0.15, 0.2) is 0 Å². The second-order valence-electron chi connectivity index (χ2n) is 5.21. The Bertz CT molecular complexity index is 909. The molecule has 0 spiro atoms. The predicted molar refractivity (Wildman–Crippen MR) is 99.5 cm³/mol. The van der Waals surface area contributed by atoms with Crippen molar-refractivity contribution in [2.24, 2.45) is 0 Å². The average molecular weight is 360 g/mol. The van der Waals surface area contributed by atoms with Crippen LogP contribution < -0.4 is 10.1 Å². The van der Waals surface area contributed by atoms with Crippen molar-refractivity contribution in [3.05, 3.63) is 70.2 Å². The van der Waals surface area contributed by atoms with Gasteiger partial charge in [0.2, 0.25) is 0 Å². The molecule has 3 rings (SSSR count). The summed E-state index contributed by atoms with van der Waals surface area (Å²) in [5.41, 5.74) is 0.961. The van der Waals surface area contributed by atoms with Gasteiger partial charge in [0.1, 0.15) is 5.75 Å². The first-order valence-corrected chi connectivity index (χ1v) is 8.26. The molecule has 0 unspecified atom stereocenters. The number of carbonyl (C=O) groups excluding carboxylic acids is 1. The third-order valence-electron chi connectivity index (χ3n) is 3.57. The maximum atomic E-state index is 12.7. The molecule has 1 amide bonds. The lowest BCUT2D eigenvalue weighted by Crippen LogP contribution is -2.14. The molecule has 122 valence electrons. The van der Waals surface area contributed by atoms with Crippen molar-refractivity contribution in [2.45, 2.75) is 6.92 Å². The van der Waals surface area contributed by atoms with Crippen LogP contribution in [0.4, 0.5) is 5.69 Å². The van der Waals surface area contributed by atoms with Crippen LogP contribution in [0.3, 0.4) is 0 Å². The minimum absolute atomic E-state index is 0.284. The number of benzene rings is 3. The van der Waals surface area contributed by atoms with Crippen molar-refractivity contribution in [3.63, 3.8) is 0 Å². The molecule has 0 bridgehead atoms. The summed E-state index contributed by atoms with van der Waals surface area (Å²) in [6.07, 6.45) is 0. The van der Waals surface area contributed by atoms with Gasteiger partial charge in [0.25, 0.3) is 5.91 Å². The summed E-state index contributed by atoms with van der Waals surface area (Å²) in [7, 11) is 0. The topological polar surface area (TPSA) is 38.3 Å². The summed E-state index contributed by atoms with van der Waals surface area (Å²) in [5, 5.41) is 5.69. The summed E-state index contributed by atoms with van der Waals surface area (Å²) < 4.78 is 5.64. The van der Waals surface area contributed by atoms with E-state index in [1.54, 1.807) is 18.2 Å². The lowest BCUT2D eigenvalue weighted by atomic mass is 10.1. The molecule has 5 heteroatoms. The minimum atomic E-state index is -0.284. The first-order valence-electron chi connectivity index (χ1n) is 7.50. The number of ether oxygens (including phenoxy) is 1. The number of anilines is 1. The molecular weight excluding hydrogens is 345 g/mol. The molecule has 24 heavy (non-hydrogen) atoms. The Kier molecular flexibility index (Phi) is 4.93. The normalized spacial score (nSPS) is 10.6. The molecule has 3 aromatic rings. The molecule has 0 aliphatic rings. The molecule has 3 nitrogen and oxygen atoms in total. The van der Waals surface area contributed by atoms with Gasteiger partial charge >= 0.3 is 0 Å². The van der Waals surface area contributed by atoms with E-state index in [1.165, 1.54) is 0 Å². The van der Waals surface area contributed by atoms with E-state index in [-0.39, 0.29) is 5.91 Å². The number of rotatable bonds is 4. The highest BCUT2D eigenvalue weighted by molar-refractivity contribution is 6.36. The van der Waals surface area contributed by atoms with Gasteiger partial charge in [-0.05, 0) is 48.0 Å². The first kappa shape index (κ1) is 16.6. The number of hydrogen-bond acceptors (Lipinski definition) is 2. The number of amides is 1. The van der Waals surface area contributed by atoms with Crippen LogP contribution in [-0.4, -0.2) is 12.5 Å². The molecule has 0 atom stereocenters. The quantitative estimate of drug-likeness (QED) is 0.639. The van der Waals surface area contributed by atoms with Gasteiger partial charge in [0.05, 0.1) is 22.9 Å². The van der Waals surface area contributed by atoms with Crippen molar-refractivity contribution in [1.29, 1.82) is 0 Å². The molecule has 0 saturated carbocycles. The van der Waals surface area contributed by atoms with Gasteiger partial charge in [-0.1, -0.05) is 47.5 Å². The lowest BCUT2D eigenvalue weighted by Gasteiger charge is -2.13. The Balaban J connectivity index is 1.99. The standard InChI is InChI=1S/C19H15Cl2NO2/c1-2-24-18-10-13-6-4-3-5-12(13)9-15(18)19(23)22-17-8-7-14(20)11-16(17)21/h3-11H,2H2,1H3,(H,22,23). The Labute approximate surface area is 150 Å². The number of halogens is 2. The third-order valence-corrected chi connectivity index (χ3v) is 4.12. The van der Waals surface area contributed by atoms with E-state index in [1.807, 2.05) is 43.3 Å². The van der Waals surface area contributed by atoms with Crippen LogP contribution in [0.25, 0.3) is 10.8 Å². The van der Waals surface area contributed by atoms with Crippen LogP contribution in [0.15, 0.2) is 54.6 Å². The molecule has 0 aliphatic heterocycles. The van der Waals surface area contributed by atoms with Crippen LogP contribution in [0, 0.1) is 0 Å². The summed E-state index contributed by atoms with van der Waals surface area (Å²) in [4.78, 5) is 12.7. The zero-order valence-electron chi connectivity index (χ0n) is 13.0. The van der Waals surface area contributed by atoms with Gasteiger partial charge < -0.3 is 10.1 Å². The van der Waals surface area contributed by atoms with Crippen molar-refractivity contribution in [2.75, 3.05) is 11.9 Å². The lowest BCUT2D eigenvalue weighted by molar-refractivity contribution is 0.102. The highest BCUT2D eigenvalue weighted by Gasteiger charge is 2.15.